The van der Waals surface area contributed by atoms with Crippen LogP contribution in [0.1, 0.15) is 27.7 Å². The SMILES string of the molecule is COP(=O)(CC1C(C)CN1C(=O)OC(C)(C)C)OC. The lowest BCUT2D eigenvalue weighted by atomic mass is 9.92. The van der Waals surface area contributed by atoms with Crippen LogP contribution >= 0.6 is 7.60 Å². The van der Waals surface area contributed by atoms with Gasteiger partial charge in [-0.05, 0) is 26.7 Å². The van der Waals surface area contributed by atoms with Gasteiger partial charge in [0.05, 0.1) is 12.2 Å². The summed E-state index contributed by atoms with van der Waals surface area (Å²) in [4.78, 5) is 13.6. The minimum absolute atomic E-state index is 0.166. The van der Waals surface area contributed by atoms with Crippen LogP contribution in [0.5, 0.6) is 0 Å². The highest BCUT2D eigenvalue weighted by Crippen LogP contribution is 2.50. The minimum Gasteiger partial charge on any atom is -0.444 e. The van der Waals surface area contributed by atoms with Gasteiger partial charge < -0.3 is 18.7 Å². The van der Waals surface area contributed by atoms with E-state index in [1.54, 1.807) is 4.90 Å². The Balaban J connectivity index is 2.68. The summed E-state index contributed by atoms with van der Waals surface area (Å²) < 4.78 is 27.3. The first kappa shape index (κ1) is 16.5. The molecule has 0 saturated carbocycles. The first-order valence-electron chi connectivity index (χ1n) is 6.32. The van der Waals surface area contributed by atoms with Crippen molar-refractivity contribution in [1.29, 1.82) is 0 Å². The van der Waals surface area contributed by atoms with Gasteiger partial charge in [-0.3, -0.25) is 4.57 Å². The van der Waals surface area contributed by atoms with E-state index in [0.29, 0.717) is 6.54 Å². The second-order valence-electron chi connectivity index (χ2n) is 5.84. The molecule has 0 bridgehead atoms. The predicted octanol–water partition coefficient (Wildman–Crippen LogP) is 2.73. The standard InChI is InChI=1S/C12H24NO5P/c1-9-7-13(11(14)18-12(2,3)4)10(9)8-19(15,16-5)17-6/h9-10H,7-8H2,1-6H3. The van der Waals surface area contributed by atoms with Gasteiger partial charge in [0, 0.05) is 20.8 Å². The molecule has 19 heavy (non-hydrogen) atoms. The molecule has 2 atom stereocenters. The number of hydrogen-bond donors (Lipinski definition) is 0. The van der Waals surface area contributed by atoms with Crippen LogP contribution in [-0.4, -0.2) is 49.6 Å². The highest BCUT2D eigenvalue weighted by Gasteiger charge is 2.45. The minimum atomic E-state index is -3.12. The third-order valence-electron chi connectivity index (χ3n) is 3.14. The topological polar surface area (TPSA) is 65.1 Å². The van der Waals surface area contributed by atoms with Gasteiger partial charge in [-0.15, -0.1) is 0 Å². The summed E-state index contributed by atoms with van der Waals surface area (Å²) in [6.07, 6.45) is -0.185. The van der Waals surface area contributed by atoms with Crippen LogP contribution in [0.4, 0.5) is 4.79 Å². The van der Waals surface area contributed by atoms with Crippen LogP contribution < -0.4 is 0 Å². The van der Waals surface area contributed by atoms with Crippen molar-refractivity contribution in [1.82, 2.24) is 4.90 Å². The third kappa shape index (κ3) is 4.20. The zero-order valence-electron chi connectivity index (χ0n) is 12.5. The lowest BCUT2D eigenvalue weighted by Crippen LogP contribution is -2.60. The molecule has 0 spiro atoms. The lowest BCUT2D eigenvalue weighted by Gasteiger charge is -2.47. The number of rotatable bonds is 4. The van der Waals surface area contributed by atoms with E-state index in [2.05, 4.69) is 0 Å². The summed E-state index contributed by atoms with van der Waals surface area (Å²) >= 11 is 0. The number of nitrogens with zero attached hydrogens (tertiary/aromatic N) is 1. The quantitative estimate of drug-likeness (QED) is 0.746. The molecule has 0 aromatic rings. The Morgan fingerprint density at radius 2 is 1.84 bits per heavy atom. The Labute approximate surface area is 114 Å². The number of carbonyl (C=O) groups is 1. The number of likely N-dealkylation sites (tertiary alicyclic amines) is 1. The molecule has 1 amide bonds. The van der Waals surface area contributed by atoms with Crippen molar-refractivity contribution >= 4 is 13.7 Å². The van der Waals surface area contributed by atoms with E-state index in [1.165, 1.54) is 14.2 Å². The lowest BCUT2D eigenvalue weighted by molar-refractivity contribution is -0.0211. The van der Waals surface area contributed by atoms with Crippen molar-refractivity contribution in [3.05, 3.63) is 0 Å². The molecule has 112 valence electrons. The normalized spacial score (nSPS) is 24.0. The van der Waals surface area contributed by atoms with E-state index < -0.39 is 13.2 Å². The van der Waals surface area contributed by atoms with E-state index in [4.69, 9.17) is 13.8 Å². The molecule has 1 aliphatic rings. The summed E-state index contributed by atoms with van der Waals surface area (Å²) in [6, 6.07) is -0.166. The fourth-order valence-electron chi connectivity index (χ4n) is 2.00. The number of carbonyl (C=O) groups excluding carboxylic acids is 1. The highest BCUT2D eigenvalue weighted by atomic mass is 31.2. The van der Waals surface area contributed by atoms with Crippen molar-refractivity contribution in [3.63, 3.8) is 0 Å². The van der Waals surface area contributed by atoms with Gasteiger partial charge in [0.15, 0.2) is 0 Å². The average molecular weight is 293 g/mol. The summed E-state index contributed by atoms with van der Waals surface area (Å²) in [5.41, 5.74) is -0.535. The molecule has 0 aromatic carbocycles. The van der Waals surface area contributed by atoms with E-state index in [0.717, 1.165) is 0 Å². The summed E-state index contributed by atoms with van der Waals surface area (Å²) in [6.45, 7) is 8.06. The largest absolute Gasteiger partial charge is 0.444 e. The van der Waals surface area contributed by atoms with Crippen molar-refractivity contribution < 1.29 is 23.1 Å². The molecular formula is C12H24NO5P. The summed E-state index contributed by atoms with van der Waals surface area (Å²) in [5.74, 6) is 0.256. The second kappa shape index (κ2) is 5.81. The van der Waals surface area contributed by atoms with Crippen molar-refractivity contribution in [2.45, 2.75) is 39.3 Å². The molecule has 0 radical (unpaired) electrons. The second-order valence-corrected chi connectivity index (χ2v) is 8.15. The van der Waals surface area contributed by atoms with Crippen LogP contribution in [0.2, 0.25) is 0 Å². The summed E-state index contributed by atoms with van der Waals surface area (Å²) in [5, 5.41) is 0. The van der Waals surface area contributed by atoms with Gasteiger partial charge in [0.2, 0.25) is 0 Å². The van der Waals surface area contributed by atoms with Gasteiger partial charge in [0.25, 0.3) is 0 Å². The van der Waals surface area contributed by atoms with Crippen molar-refractivity contribution in [2.75, 3.05) is 26.9 Å². The average Bonchev–Trinajstić information content (AvgIpc) is 2.30. The zero-order valence-corrected chi connectivity index (χ0v) is 13.4. The molecule has 1 saturated heterocycles. The first-order chi connectivity index (χ1) is 8.62. The number of ether oxygens (including phenoxy) is 1. The molecule has 1 aliphatic heterocycles. The van der Waals surface area contributed by atoms with E-state index in [-0.39, 0.29) is 24.2 Å². The monoisotopic (exact) mass is 293 g/mol. The number of hydrogen-bond acceptors (Lipinski definition) is 5. The van der Waals surface area contributed by atoms with Crippen molar-refractivity contribution in [3.8, 4) is 0 Å². The fourth-order valence-corrected chi connectivity index (χ4v) is 3.46. The van der Waals surface area contributed by atoms with E-state index >= 15 is 0 Å². The van der Waals surface area contributed by atoms with Gasteiger partial charge in [-0.25, -0.2) is 4.79 Å². The van der Waals surface area contributed by atoms with Crippen molar-refractivity contribution in [2.24, 2.45) is 5.92 Å². The van der Waals surface area contributed by atoms with Crippen LogP contribution in [0.25, 0.3) is 0 Å². The molecule has 0 aliphatic carbocycles. The fraction of sp³-hybridized carbons (Fsp3) is 0.917. The van der Waals surface area contributed by atoms with Crippen LogP contribution in [0, 0.1) is 5.92 Å². The molecule has 1 heterocycles. The molecule has 1 fully saturated rings. The Hall–Kier alpha value is -0.580. The molecule has 0 N–H and O–H groups in total. The Morgan fingerprint density at radius 3 is 2.21 bits per heavy atom. The maximum absolute atomic E-state index is 12.1. The summed E-state index contributed by atoms with van der Waals surface area (Å²) in [7, 11) is -0.412. The smallest absolute Gasteiger partial charge is 0.410 e. The molecule has 6 nitrogen and oxygen atoms in total. The maximum Gasteiger partial charge on any atom is 0.410 e. The number of amides is 1. The molecule has 2 unspecified atom stereocenters. The predicted molar refractivity (Wildman–Crippen MR) is 72.4 cm³/mol. The molecule has 1 rings (SSSR count). The van der Waals surface area contributed by atoms with Crippen LogP contribution in [0.3, 0.4) is 0 Å². The highest BCUT2D eigenvalue weighted by molar-refractivity contribution is 7.53. The van der Waals surface area contributed by atoms with Gasteiger partial charge >= 0.3 is 13.7 Å². The maximum atomic E-state index is 12.1. The molecule has 0 aromatic heterocycles. The Bertz CT molecular complexity index is 371. The van der Waals surface area contributed by atoms with Gasteiger partial charge in [-0.1, -0.05) is 6.92 Å². The molecular weight excluding hydrogens is 269 g/mol. The third-order valence-corrected chi connectivity index (χ3v) is 5.07. The Morgan fingerprint density at radius 1 is 1.32 bits per heavy atom. The molecule has 7 heteroatoms. The van der Waals surface area contributed by atoms with E-state index in [9.17, 15) is 9.36 Å². The van der Waals surface area contributed by atoms with Crippen LogP contribution in [-0.2, 0) is 18.3 Å². The van der Waals surface area contributed by atoms with E-state index in [1.807, 2.05) is 27.7 Å². The zero-order chi connectivity index (χ0) is 14.8. The first-order valence-corrected chi connectivity index (χ1v) is 8.05. The van der Waals surface area contributed by atoms with Crippen LogP contribution in [0.15, 0.2) is 0 Å². The van der Waals surface area contributed by atoms with Gasteiger partial charge in [0.1, 0.15) is 5.60 Å². The Kier molecular flexibility index (Phi) is 5.04. The van der Waals surface area contributed by atoms with Gasteiger partial charge in [-0.2, -0.15) is 0 Å².